The molecule has 0 saturated heterocycles. The van der Waals surface area contributed by atoms with Gasteiger partial charge in [0, 0.05) is 30.4 Å². The summed E-state index contributed by atoms with van der Waals surface area (Å²) in [5, 5.41) is 14.7. The molecule has 1 aromatic carbocycles. The third-order valence-corrected chi connectivity index (χ3v) is 4.73. The second-order valence-corrected chi connectivity index (χ2v) is 6.54. The van der Waals surface area contributed by atoms with E-state index in [2.05, 4.69) is 9.82 Å². The van der Waals surface area contributed by atoms with E-state index in [1.54, 1.807) is 16.9 Å². The van der Waals surface area contributed by atoms with Gasteiger partial charge in [-0.2, -0.15) is 5.10 Å². The fraction of sp³-hybridized carbons (Fsp3) is 0.0714. The summed E-state index contributed by atoms with van der Waals surface area (Å²) in [7, 11) is -3.76. The minimum absolute atomic E-state index is 0.0282. The first-order valence-electron chi connectivity index (χ1n) is 6.63. The van der Waals surface area contributed by atoms with Crippen molar-refractivity contribution in [3.8, 4) is 0 Å². The largest absolute Gasteiger partial charge is 0.269 e. The van der Waals surface area contributed by atoms with Crippen LogP contribution in [0, 0.1) is 10.1 Å². The summed E-state index contributed by atoms with van der Waals surface area (Å²) < 4.78 is 28.6. The molecule has 3 rings (SSSR count). The van der Waals surface area contributed by atoms with Crippen molar-refractivity contribution < 1.29 is 13.3 Å². The maximum absolute atomic E-state index is 12.2. The van der Waals surface area contributed by atoms with E-state index in [1.165, 1.54) is 12.1 Å². The Labute approximate surface area is 131 Å². The molecule has 0 aliphatic carbocycles. The fourth-order valence-electron chi connectivity index (χ4n) is 2.13. The third kappa shape index (κ3) is 3.05. The molecular formula is C14H12N4O4S. The molecule has 0 aliphatic rings. The molecule has 1 N–H and O–H groups in total. The van der Waals surface area contributed by atoms with Crippen LogP contribution in [0.25, 0.3) is 5.52 Å². The molecule has 3 aromatic rings. The standard InChI is InChI=1S/C14H12N4O4S/c19-18(20)12-4-6-13(7-5-12)23(21,22)16-10-11-9-15-17-8-2-1-3-14(11)17/h1-9,16H,10H2. The van der Waals surface area contributed by atoms with Crippen molar-refractivity contribution in [2.45, 2.75) is 11.4 Å². The molecule has 0 aliphatic heterocycles. The SMILES string of the molecule is O=[N+]([O-])c1ccc(S(=O)(=O)NCc2cnn3ccccc23)cc1. The number of nitrogens with zero attached hydrogens (tertiary/aromatic N) is 3. The van der Waals surface area contributed by atoms with Gasteiger partial charge in [-0.25, -0.2) is 17.7 Å². The zero-order chi connectivity index (χ0) is 16.4. The number of non-ortho nitro benzene ring substituents is 1. The van der Waals surface area contributed by atoms with Crippen LogP contribution in [0.2, 0.25) is 0 Å². The van der Waals surface area contributed by atoms with Crippen LogP contribution in [0.5, 0.6) is 0 Å². The summed E-state index contributed by atoms with van der Waals surface area (Å²) in [6.07, 6.45) is 3.36. The highest BCUT2D eigenvalue weighted by molar-refractivity contribution is 7.89. The number of hydrogen-bond acceptors (Lipinski definition) is 5. The molecule has 0 atom stereocenters. The zero-order valence-corrected chi connectivity index (χ0v) is 12.6. The van der Waals surface area contributed by atoms with Crippen LogP contribution in [0.4, 0.5) is 5.69 Å². The van der Waals surface area contributed by atoms with Gasteiger partial charge in [0.05, 0.1) is 21.5 Å². The van der Waals surface area contributed by atoms with E-state index in [9.17, 15) is 18.5 Å². The smallest absolute Gasteiger partial charge is 0.258 e. The molecule has 0 amide bonds. The van der Waals surface area contributed by atoms with Gasteiger partial charge in [-0.3, -0.25) is 10.1 Å². The molecule has 2 aromatic heterocycles. The van der Waals surface area contributed by atoms with Crippen LogP contribution in [0.3, 0.4) is 0 Å². The van der Waals surface area contributed by atoms with Gasteiger partial charge >= 0.3 is 0 Å². The van der Waals surface area contributed by atoms with Crippen molar-refractivity contribution in [1.82, 2.24) is 14.3 Å². The van der Waals surface area contributed by atoms with Crippen LogP contribution >= 0.6 is 0 Å². The Morgan fingerprint density at radius 2 is 1.91 bits per heavy atom. The number of aromatic nitrogens is 2. The summed E-state index contributed by atoms with van der Waals surface area (Å²) in [6.45, 7) is 0.0762. The van der Waals surface area contributed by atoms with E-state index >= 15 is 0 Å². The van der Waals surface area contributed by atoms with E-state index in [-0.39, 0.29) is 17.1 Å². The van der Waals surface area contributed by atoms with Crippen LogP contribution in [-0.4, -0.2) is 23.0 Å². The van der Waals surface area contributed by atoms with E-state index in [1.807, 2.05) is 18.2 Å². The van der Waals surface area contributed by atoms with Gasteiger partial charge in [-0.15, -0.1) is 0 Å². The second-order valence-electron chi connectivity index (χ2n) is 4.78. The molecule has 0 spiro atoms. The average molecular weight is 332 g/mol. The maximum atomic E-state index is 12.2. The first kappa shape index (κ1) is 15.1. The van der Waals surface area contributed by atoms with Crippen molar-refractivity contribution in [1.29, 1.82) is 0 Å². The first-order valence-corrected chi connectivity index (χ1v) is 8.11. The molecule has 2 heterocycles. The second kappa shape index (κ2) is 5.78. The average Bonchev–Trinajstić information content (AvgIpc) is 2.96. The highest BCUT2D eigenvalue weighted by atomic mass is 32.2. The van der Waals surface area contributed by atoms with Crippen LogP contribution in [-0.2, 0) is 16.6 Å². The molecule has 9 heteroatoms. The van der Waals surface area contributed by atoms with Crippen molar-refractivity contribution >= 4 is 21.2 Å². The van der Waals surface area contributed by atoms with Crippen molar-refractivity contribution in [2.24, 2.45) is 0 Å². The van der Waals surface area contributed by atoms with Gasteiger partial charge in [0.15, 0.2) is 0 Å². The van der Waals surface area contributed by atoms with Crippen molar-refractivity contribution in [3.05, 3.63) is 70.5 Å². The molecule has 0 radical (unpaired) electrons. The summed E-state index contributed by atoms with van der Waals surface area (Å²) in [4.78, 5) is 9.99. The van der Waals surface area contributed by atoms with E-state index in [0.717, 1.165) is 23.2 Å². The number of hydrogen-bond donors (Lipinski definition) is 1. The van der Waals surface area contributed by atoms with Crippen molar-refractivity contribution in [2.75, 3.05) is 0 Å². The maximum Gasteiger partial charge on any atom is 0.269 e. The number of nitro groups is 1. The molecule has 118 valence electrons. The van der Waals surface area contributed by atoms with Gasteiger partial charge in [0.25, 0.3) is 5.69 Å². The molecule has 8 nitrogen and oxygen atoms in total. The van der Waals surface area contributed by atoms with E-state index in [0.29, 0.717) is 0 Å². The van der Waals surface area contributed by atoms with Gasteiger partial charge in [0.1, 0.15) is 0 Å². The molecule has 0 saturated carbocycles. The van der Waals surface area contributed by atoms with Gasteiger partial charge in [-0.1, -0.05) is 6.07 Å². The monoisotopic (exact) mass is 332 g/mol. The van der Waals surface area contributed by atoms with Crippen LogP contribution in [0.15, 0.2) is 59.8 Å². The van der Waals surface area contributed by atoms with Gasteiger partial charge in [-0.05, 0) is 24.3 Å². The van der Waals surface area contributed by atoms with Gasteiger partial charge < -0.3 is 0 Å². The molecule has 23 heavy (non-hydrogen) atoms. The third-order valence-electron chi connectivity index (χ3n) is 3.32. The number of nitro benzene ring substituents is 1. The predicted molar refractivity (Wildman–Crippen MR) is 82.3 cm³/mol. The highest BCUT2D eigenvalue weighted by Gasteiger charge is 2.16. The minimum atomic E-state index is -3.76. The molecule has 0 fully saturated rings. The number of nitrogens with one attached hydrogen (secondary N) is 1. The predicted octanol–water partition coefficient (Wildman–Crippen LogP) is 1.72. The lowest BCUT2D eigenvalue weighted by atomic mass is 10.3. The Morgan fingerprint density at radius 1 is 1.17 bits per heavy atom. The summed E-state index contributed by atoms with van der Waals surface area (Å²) in [5.41, 5.74) is 1.38. The quantitative estimate of drug-likeness (QED) is 0.565. The van der Waals surface area contributed by atoms with Gasteiger partial charge in [0.2, 0.25) is 10.0 Å². The first-order chi connectivity index (χ1) is 11.0. The Kier molecular flexibility index (Phi) is 3.80. The normalized spacial score (nSPS) is 11.7. The van der Waals surface area contributed by atoms with Crippen LogP contribution in [0.1, 0.15) is 5.56 Å². The van der Waals surface area contributed by atoms with Crippen molar-refractivity contribution in [3.63, 3.8) is 0 Å². The lowest BCUT2D eigenvalue weighted by Crippen LogP contribution is -2.23. The summed E-state index contributed by atoms with van der Waals surface area (Å²) >= 11 is 0. The molecule has 0 bridgehead atoms. The Morgan fingerprint density at radius 3 is 2.61 bits per heavy atom. The topological polar surface area (TPSA) is 107 Å². The Hall–Kier alpha value is -2.78. The molecular weight excluding hydrogens is 320 g/mol. The van der Waals surface area contributed by atoms with E-state index < -0.39 is 14.9 Å². The number of pyridine rings is 1. The zero-order valence-electron chi connectivity index (χ0n) is 11.8. The minimum Gasteiger partial charge on any atom is -0.258 e. The lowest BCUT2D eigenvalue weighted by Gasteiger charge is -2.06. The number of sulfonamides is 1. The summed E-state index contributed by atoms with van der Waals surface area (Å²) in [5.74, 6) is 0. The molecule has 0 unspecified atom stereocenters. The lowest BCUT2D eigenvalue weighted by molar-refractivity contribution is -0.384. The highest BCUT2D eigenvalue weighted by Crippen LogP contribution is 2.16. The van der Waals surface area contributed by atoms with E-state index in [4.69, 9.17) is 0 Å². The fourth-order valence-corrected chi connectivity index (χ4v) is 3.13. The number of fused-ring (bicyclic) bond motifs is 1. The number of rotatable bonds is 5. The summed E-state index contributed by atoms with van der Waals surface area (Å²) in [6, 6.07) is 10.2. The number of benzene rings is 1. The Bertz CT molecular complexity index is 964. The Balaban J connectivity index is 1.80. The van der Waals surface area contributed by atoms with Crippen LogP contribution < -0.4 is 4.72 Å².